The predicted octanol–water partition coefficient (Wildman–Crippen LogP) is 2.07. The molecule has 4 atom stereocenters. The zero-order valence-corrected chi connectivity index (χ0v) is 10.6. The van der Waals surface area contributed by atoms with E-state index in [1.807, 2.05) is 20.8 Å². The molecule has 2 bridgehead atoms. The lowest BCUT2D eigenvalue weighted by atomic mass is 9.79. The van der Waals surface area contributed by atoms with Gasteiger partial charge in [0.2, 0.25) is 0 Å². The summed E-state index contributed by atoms with van der Waals surface area (Å²) < 4.78 is 5.35. The van der Waals surface area contributed by atoms with Crippen LogP contribution in [0.3, 0.4) is 0 Å². The van der Waals surface area contributed by atoms with Gasteiger partial charge in [-0.3, -0.25) is 9.59 Å². The minimum atomic E-state index is -0.840. The fraction of sp³-hybridized carbons (Fsp3) is 0.846. The van der Waals surface area contributed by atoms with Gasteiger partial charge >= 0.3 is 11.9 Å². The van der Waals surface area contributed by atoms with Gasteiger partial charge in [0.05, 0.1) is 11.8 Å². The van der Waals surface area contributed by atoms with Gasteiger partial charge in [-0.15, -0.1) is 0 Å². The molecule has 17 heavy (non-hydrogen) atoms. The fourth-order valence-corrected chi connectivity index (χ4v) is 3.36. The summed E-state index contributed by atoms with van der Waals surface area (Å²) in [5, 5.41) is 9.25. The Bertz CT molecular complexity index is 342. The summed E-state index contributed by atoms with van der Waals surface area (Å²) in [5.41, 5.74) is -0.540. The van der Waals surface area contributed by atoms with Gasteiger partial charge < -0.3 is 9.84 Å². The van der Waals surface area contributed by atoms with Crippen LogP contribution in [-0.4, -0.2) is 22.6 Å². The largest absolute Gasteiger partial charge is 0.481 e. The van der Waals surface area contributed by atoms with Gasteiger partial charge in [0, 0.05) is 0 Å². The molecule has 0 radical (unpaired) electrons. The number of aliphatic carboxylic acids is 1. The molecule has 0 aromatic rings. The summed E-state index contributed by atoms with van der Waals surface area (Å²) in [6.45, 7) is 5.44. The SMILES string of the molecule is CC(C)(C)OC(=O)C1[C@H]2CC[C@H](C2)[C@H]1C(=O)O. The third kappa shape index (κ3) is 2.31. The lowest BCUT2D eigenvalue weighted by Crippen LogP contribution is -2.38. The Morgan fingerprint density at radius 2 is 1.65 bits per heavy atom. The first kappa shape index (κ1) is 12.4. The van der Waals surface area contributed by atoms with Crippen molar-refractivity contribution < 1.29 is 19.4 Å². The average molecular weight is 240 g/mol. The van der Waals surface area contributed by atoms with Gasteiger partial charge in [-0.1, -0.05) is 0 Å². The molecular weight excluding hydrogens is 220 g/mol. The van der Waals surface area contributed by atoms with Crippen molar-refractivity contribution in [2.45, 2.75) is 45.6 Å². The molecule has 0 saturated heterocycles. The number of hydrogen-bond acceptors (Lipinski definition) is 3. The standard InChI is InChI=1S/C13H20O4/c1-13(2,3)17-12(16)10-8-5-4-7(6-8)9(10)11(14)15/h7-10H,4-6H2,1-3H3,(H,14,15)/t7-,8+,9-,10?/m1/s1. The number of fused-ring (bicyclic) bond motifs is 2. The molecule has 2 saturated carbocycles. The van der Waals surface area contributed by atoms with E-state index in [0.29, 0.717) is 0 Å². The molecular formula is C13H20O4. The van der Waals surface area contributed by atoms with Crippen molar-refractivity contribution >= 4 is 11.9 Å². The van der Waals surface area contributed by atoms with Gasteiger partial charge in [0.1, 0.15) is 5.60 Å². The van der Waals surface area contributed by atoms with Crippen LogP contribution in [0.1, 0.15) is 40.0 Å². The Morgan fingerprint density at radius 1 is 1.12 bits per heavy atom. The summed E-state index contributed by atoms with van der Waals surface area (Å²) in [6.07, 6.45) is 2.79. The second-order valence-electron chi connectivity index (χ2n) is 6.26. The average Bonchev–Trinajstić information content (AvgIpc) is 2.72. The normalized spacial score (nSPS) is 35.9. The van der Waals surface area contributed by atoms with E-state index >= 15 is 0 Å². The van der Waals surface area contributed by atoms with Crippen molar-refractivity contribution in [1.29, 1.82) is 0 Å². The number of ether oxygens (including phenoxy) is 1. The quantitative estimate of drug-likeness (QED) is 0.750. The molecule has 0 heterocycles. The van der Waals surface area contributed by atoms with Crippen LogP contribution >= 0.6 is 0 Å². The second-order valence-corrected chi connectivity index (χ2v) is 6.26. The molecule has 1 unspecified atom stereocenters. The molecule has 96 valence electrons. The maximum absolute atomic E-state index is 12.1. The van der Waals surface area contributed by atoms with Gasteiger partial charge in [-0.2, -0.15) is 0 Å². The highest BCUT2D eigenvalue weighted by Crippen LogP contribution is 2.53. The van der Waals surface area contributed by atoms with Crippen LogP contribution in [0.5, 0.6) is 0 Å². The number of carbonyl (C=O) groups excluding carboxylic acids is 1. The van der Waals surface area contributed by atoms with Crippen LogP contribution in [0.4, 0.5) is 0 Å². The highest BCUT2D eigenvalue weighted by Gasteiger charge is 2.55. The van der Waals surface area contributed by atoms with Crippen molar-refractivity contribution in [2.24, 2.45) is 23.7 Å². The van der Waals surface area contributed by atoms with E-state index in [-0.39, 0.29) is 17.8 Å². The fourth-order valence-electron chi connectivity index (χ4n) is 3.36. The summed E-state index contributed by atoms with van der Waals surface area (Å²) in [4.78, 5) is 23.3. The van der Waals surface area contributed by atoms with E-state index in [9.17, 15) is 14.7 Å². The number of carboxylic acids is 1. The van der Waals surface area contributed by atoms with Crippen molar-refractivity contribution in [1.82, 2.24) is 0 Å². The van der Waals surface area contributed by atoms with Crippen molar-refractivity contribution in [3.63, 3.8) is 0 Å². The molecule has 2 rings (SSSR count). The van der Waals surface area contributed by atoms with Crippen molar-refractivity contribution in [2.75, 3.05) is 0 Å². The number of rotatable bonds is 2. The smallest absolute Gasteiger partial charge is 0.310 e. The Hall–Kier alpha value is -1.06. The molecule has 0 aromatic heterocycles. The van der Waals surface area contributed by atoms with Crippen LogP contribution in [0.2, 0.25) is 0 Å². The highest BCUT2D eigenvalue weighted by molar-refractivity contribution is 5.83. The molecule has 4 heteroatoms. The Labute approximate surface area is 101 Å². The van der Waals surface area contributed by atoms with Crippen molar-refractivity contribution in [3.8, 4) is 0 Å². The van der Waals surface area contributed by atoms with E-state index in [1.165, 1.54) is 0 Å². The molecule has 2 fully saturated rings. The highest BCUT2D eigenvalue weighted by atomic mass is 16.6. The molecule has 1 N–H and O–H groups in total. The minimum absolute atomic E-state index is 0.176. The second kappa shape index (κ2) is 4.00. The van der Waals surface area contributed by atoms with E-state index < -0.39 is 23.4 Å². The number of carboxylic acid groups (broad SMARTS) is 1. The van der Waals surface area contributed by atoms with Crippen LogP contribution < -0.4 is 0 Å². The molecule has 0 aromatic carbocycles. The van der Waals surface area contributed by atoms with Crippen LogP contribution in [0, 0.1) is 23.7 Å². The van der Waals surface area contributed by atoms with Crippen LogP contribution in [-0.2, 0) is 14.3 Å². The molecule has 4 nitrogen and oxygen atoms in total. The first-order chi connectivity index (χ1) is 7.79. The molecule has 0 amide bonds. The zero-order chi connectivity index (χ0) is 12.8. The third-order valence-corrected chi connectivity index (χ3v) is 3.88. The minimum Gasteiger partial charge on any atom is -0.481 e. The molecule has 2 aliphatic carbocycles. The van der Waals surface area contributed by atoms with Crippen LogP contribution in [0.25, 0.3) is 0 Å². The number of esters is 1. The Morgan fingerprint density at radius 3 is 2.12 bits per heavy atom. The monoisotopic (exact) mass is 240 g/mol. The lowest BCUT2D eigenvalue weighted by molar-refractivity contribution is -0.169. The maximum Gasteiger partial charge on any atom is 0.310 e. The molecule has 0 aliphatic heterocycles. The Balaban J connectivity index is 2.14. The van der Waals surface area contributed by atoms with Gasteiger partial charge in [-0.05, 0) is 51.9 Å². The summed E-state index contributed by atoms with van der Waals surface area (Å²) in [7, 11) is 0. The van der Waals surface area contributed by atoms with Gasteiger partial charge in [0.15, 0.2) is 0 Å². The topological polar surface area (TPSA) is 63.6 Å². The predicted molar refractivity (Wildman–Crippen MR) is 61.3 cm³/mol. The number of carbonyl (C=O) groups is 2. The van der Waals surface area contributed by atoms with E-state index in [2.05, 4.69) is 0 Å². The lowest BCUT2D eigenvalue weighted by Gasteiger charge is -2.29. The third-order valence-electron chi connectivity index (χ3n) is 3.88. The maximum atomic E-state index is 12.1. The van der Waals surface area contributed by atoms with Gasteiger partial charge in [0.25, 0.3) is 0 Å². The zero-order valence-electron chi connectivity index (χ0n) is 10.6. The summed E-state index contributed by atoms with van der Waals surface area (Å²) in [6, 6.07) is 0. The first-order valence-electron chi connectivity index (χ1n) is 6.25. The van der Waals surface area contributed by atoms with Crippen molar-refractivity contribution in [3.05, 3.63) is 0 Å². The number of hydrogen-bond donors (Lipinski definition) is 1. The van der Waals surface area contributed by atoms with E-state index in [4.69, 9.17) is 4.74 Å². The summed E-state index contributed by atoms with van der Waals surface area (Å²) in [5.74, 6) is -1.72. The van der Waals surface area contributed by atoms with Crippen LogP contribution in [0.15, 0.2) is 0 Å². The van der Waals surface area contributed by atoms with Gasteiger partial charge in [-0.25, -0.2) is 0 Å². The summed E-state index contributed by atoms with van der Waals surface area (Å²) >= 11 is 0. The van der Waals surface area contributed by atoms with E-state index in [1.54, 1.807) is 0 Å². The first-order valence-corrected chi connectivity index (χ1v) is 6.25. The molecule has 0 spiro atoms. The Kier molecular flexibility index (Phi) is 2.92. The van der Waals surface area contributed by atoms with E-state index in [0.717, 1.165) is 19.3 Å². The molecule has 2 aliphatic rings.